The topological polar surface area (TPSA) is 27.7 Å². The fraction of sp³-hybridized carbons (Fsp3) is 0.143. The SMILES string of the molecule is c1ccc(OCc2ccc3c(c2)OCO3)cc1. The van der Waals surface area contributed by atoms with Crippen molar-refractivity contribution in [3.05, 3.63) is 54.1 Å². The molecule has 0 saturated heterocycles. The van der Waals surface area contributed by atoms with Gasteiger partial charge in [0.15, 0.2) is 11.5 Å². The van der Waals surface area contributed by atoms with Gasteiger partial charge < -0.3 is 14.2 Å². The van der Waals surface area contributed by atoms with Crippen LogP contribution in [0.1, 0.15) is 5.56 Å². The van der Waals surface area contributed by atoms with Crippen LogP contribution in [0.15, 0.2) is 48.5 Å². The zero-order chi connectivity index (χ0) is 11.5. The number of benzene rings is 2. The Morgan fingerprint density at radius 3 is 2.65 bits per heavy atom. The smallest absolute Gasteiger partial charge is 0.231 e. The molecule has 1 aliphatic rings. The summed E-state index contributed by atoms with van der Waals surface area (Å²) in [5, 5.41) is 0. The van der Waals surface area contributed by atoms with E-state index in [4.69, 9.17) is 14.2 Å². The molecule has 1 heterocycles. The van der Waals surface area contributed by atoms with E-state index >= 15 is 0 Å². The van der Waals surface area contributed by atoms with Gasteiger partial charge in [0.2, 0.25) is 6.79 Å². The molecule has 0 atom stereocenters. The summed E-state index contributed by atoms with van der Waals surface area (Å²) in [6.45, 7) is 0.832. The highest BCUT2D eigenvalue weighted by molar-refractivity contribution is 5.44. The molecule has 0 amide bonds. The molecule has 0 aliphatic carbocycles. The maximum atomic E-state index is 5.66. The van der Waals surface area contributed by atoms with Gasteiger partial charge in [0.05, 0.1) is 0 Å². The van der Waals surface area contributed by atoms with Gasteiger partial charge in [-0.05, 0) is 29.8 Å². The van der Waals surface area contributed by atoms with E-state index in [0.717, 1.165) is 22.8 Å². The van der Waals surface area contributed by atoms with E-state index in [-0.39, 0.29) is 0 Å². The Morgan fingerprint density at radius 1 is 0.941 bits per heavy atom. The molecule has 0 saturated carbocycles. The van der Waals surface area contributed by atoms with Crippen molar-refractivity contribution in [2.24, 2.45) is 0 Å². The Labute approximate surface area is 99.6 Å². The monoisotopic (exact) mass is 228 g/mol. The first-order valence-electron chi connectivity index (χ1n) is 5.48. The first kappa shape index (κ1) is 10.0. The summed E-state index contributed by atoms with van der Waals surface area (Å²) in [5.41, 5.74) is 1.07. The highest BCUT2D eigenvalue weighted by Gasteiger charge is 2.13. The summed E-state index contributed by atoms with van der Waals surface area (Å²) in [5.74, 6) is 2.46. The van der Waals surface area contributed by atoms with E-state index in [2.05, 4.69) is 0 Å². The third-order valence-corrected chi connectivity index (χ3v) is 2.59. The third-order valence-electron chi connectivity index (χ3n) is 2.59. The Morgan fingerprint density at radius 2 is 1.76 bits per heavy atom. The van der Waals surface area contributed by atoms with E-state index < -0.39 is 0 Å². The van der Waals surface area contributed by atoms with Crippen molar-refractivity contribution >= 4 is 0 Å². The quantitative estimate of drug-likeness (QED) is 0.808. The van der Waals surface area contributed by atoms with Crippen LogP contribution in [0, 0.1) is 0 Å². The van der Waals surface area contributed by atoms with Gasteiger partial charge in [0, 0.05) is 0 Å². The van der Waals surface area contributed by atoms with Gasteiger partial charge in [-0.15, -0.1) is 0 Å². The van der Waals surface area contributed by atoms with Crippen molar-refractivity contribution in [3.63, 3.8) is 0 Å². The van der Waals surface area contributed by atoms with Crippen LogP contribution in [0.3, 0.4) is 0 Å². The molecule has 3 heteroatoms. The number of ether oxygens (including phenoxy) is 3. The van der Waals surface area contributed by atoms with Crippen LogP contribution in [-0.4, -0.2) is 6.79 Å². The molecule has 0 unspecified atom stereocenters. The van der Waals surface area contributed by atoms with Gasteiger partial charge in [-0.2, -0.15) is 0 Å². The summed E-state index contributed by atoms with van der Waals surface area (Å²) >= 11 is 0. The maximum absolute atomic E-state index is 5.66. The fourth-order valence-corrected chi connectivity index (χ4v) is 1.71. The molecule has 0 fully saturated rings. The second-order valence-corrected chi connectivity index (χ2v) is 3.79. The fourth-order valence-electron chi connectivity index (χ4n) is 1.71. The van der Waals surface area contributed by atoms with Crippen molar-refractivity contribution in [2.75, 3.05) is 6.79 Å². The van der Waals surface area contributed by atoms with Gasteiger partial charge in [0.1, 0.15) is 12.4 Å². The van der Waals surface area contributed by atoms with Crippen LogP contribution < -0.4 is 14.2 Å². The average Bonchev–Trinajstić information content (AvgIpc) is 2.85. The lowest BCUT2D eigenvalue weighted by Gasteiger charge is -2.06. The molecule has 2 aromatic rings. The minimum atomic E-state index is 0.304. The zero-order valence-corrected chi connectivity index (χ0v) is 9.26. The molecule has 17 heavy (non-hydrogen) atoms. The molecule has 3 rings (SSSR count). The van der Waals surface area contributed by atoms with Crippen LogP contribution in [0.5, 0.6) is 17.2 Å². The van der Waals surface area contributed by atoms with E-state index in [0.29, 0.717) is 13.4 Å². The summed E-state index contributed by atoms with van der Waals surface area (Å²) in [7, 11) is 0. The summed E-state index contributed by atoms with van der Waals surface area (Å²) in [4.78, 5) is 0. The predicted octanol–water partition coefficient (Wildman–Crippen LogP) is 2.99. The van der Waals surface area contributed by atoms with Gasteiger partial charge in [-0.1, -0.05) is 24.3 Å². The molecule has 0 spiro atoms. The lowest BCUT2D eigenvalue weighted by atomic mass is 10.2. The summed E-state index contributed by atoms with van der Waals surface area (Å²) in [6, 6.07) is 15.6. The normalized spacial score (nSPS) is 12.5. The van der Waals surface area contributed by atoms with Crippen molar-refractivity contribution in [1.29, 1.82) is 0 Å². The molecule has 3 nitrogen and oxygen atoms in total. The maximum Gasteiger partial charge on any atom is 0.231 e. The molecule has 0 radical (unpaired) electrons. The van der Waals surface area contributed by atoms with E-state index in [1.54, 1.807) is 0 Å². The Hall–Kier alpha value is -2.16. The molecule has 86 valence electrons. The number of fused-ring (bicyclic) bond motifs is 1. The first-order chi connectivity index (χ1) is 8.42. The van der Waals surface area contributed by atoms with E-state index in [1.165, 1.54) is 0 Å². The summed E-state index contributed by atoms with van der Waals surface area (Å²) in [6.07, 6.45) is 0. The zero-order valence-electron chi connectivity index (χ0n) is 9.26. The minimum Gasteiger partial charge on any atom is -0.489 e. The Bertz CT molecular complexity index is 508. The van der Waals surface area contributed by atoms with Crippen LogP contribution in [0.4, 0.5) is 0 Å². The molecule has 0 bridgehead atoms. The van der Waals surface area contributed by atoms with Crippen LogP contribution in [0.25, 0.3) is 0 Å². The van der Waals surface area contributed by atoms with Gasteiger partial charge in [-0.25, -0.2) is 0 Å². The lowest BCUT2D eigenvalue weighted by molar-refractivity contribution is 0.174. The molecule has 0 N–H and O–H groups in total. The molecule has 0 aromatic heterocycles. The van der Waals surface area contributed by atoms with Crippen molar-refractivity contribution in [3.8, 4) is 17.2 Å². The Kier molecular flexibility index (Phi) is 2.58. The molecule has 1 aliphatic heterocycles. The van der Waals surface area contributed by atoms with Crippen LogP contribution >= 0.6 is 0 Å². The third kappa shape index (κ3) is 2.18. The second kappa shape index (κ2) is 4.37. The minimum absolute atomic E-state index is 0.304. The molecular formula is C14H12O3. The van der Waals surface area contributed by atoms with Crippen LogP contribution in [-0.2, 0) is 6.61 Å². The Balaban J connectivity index is 1.70. The van der Waals surface area contributed by atoms with Gasteiger partial charge >= 0.3 is 0 Å². The standard InChI is InChI=1S/C14H12O3/c1-2-4-12(5-3-1)15-9-11-6-7-13-14(8-11)17-10-16-13/h1-8H,9-10H2. The van der Waals surface area contributed by atoms with Crippen molar-refractivity contribution < 1.29 is 14.2 Å². The highest BCUT2D eigenvalue weighted by atomic mass is 16.7. The van der Waals surface area contributed by atoms with Gasteiger partial charge in [-0.3, -0.25) is 0 Å². The number of hydrogen-bond donors (Lipinski definition) is 0. The number of para-hydroxylation sites is 1. The van der Waals surface area contributed by atoms with Gasteiger partial charge in [0.25, 0.3) is 0 Å². The second-order valence-electron chi connectivity index (χ2n) is 3.79. The molecular weight excluding hydrogens is 216 g/mol. The van der Waals surface area contributed by atoms with Crippen molar-refractivity contribution in [1.82, 2.24) is 0 Å². The highest BCUT2D eigenvalue weighted by Crippen LogP contribution is 2.32. The molecule has 2 aromatic carbocycles. The van der Waals surface area contributed by atoms with Crippen molar-refractivity contribution in [2.45, 2.75) is 6.61 Å². The number of rotatable bonds is 3. The largest absolute Gasteiger partial charge is 0.489 e. The number of hydrogen-bond acceptors (Lipinski definition) is 3. The average molecular weight is 228 g/mol. The van der Waals surface area contributed by atoms with Crippen LogP contribution in [0.2, 0.25) is 0 Å². The predicted molar refractivity (Wildman–Crippen MR) is 63.3 cm³/mol. The first-order valence-corrected chi connectivity index (χ1v) is 5.48. The lowest BCUT2D eigenvalue weighted by Crippen LogP contribution is -1.95. The van der Waals surface area contributed by atoms with E-state index in [1.807, 2.05) is 48.5 Å². The summed E-state index contributed by atoms with van der Waals surface area (Å²) < 4.78 is 16.2. The van der Waals surface area contributed by atoms with E-state index in [9.17, 15) is 0 Å².